The first kappa shape index (κ1) is 22.4. The van der Waals surface area contributed by atoms with Crippen molar-refractivity contribution in [3.8, 4) is 11.5 Å². The predicted octanol–water partition coefficient (Wildman–Crippen LogP) is 3.20. The molecule has 2 aromatic rings. The second kappa shape index (κ2) is 9.70. The molecule has 1 aliphatic rings. The first-order valence-electron chi connectivity index (χ1n) is 9.58. The summed E-state index contributed by atoms with van der Waals surface area (Å²) in [6.07, 6.45) is 0.0126. The number of ether oxygens (including phenoxy) is 3. The molecule has 8 nitrogen and oxygen atoms in total. The SMILES string of the molecule is COc1ccc(NC(=O)COC(=O)[C@H]2CC(=O)N(c3cccc(Cl)c3C)C2)c(OC)c1. The van der Waals surface area contributed by atoms with Gasteiger partial charge in [-0.2, -0.15) is 0 Å². The fourth-order valence-corrected chi connectivity index (χ4v) is 3.50. The quantitative estimate of drug-likeness (QED) is 0.656. The number of carbonyl (C=O) groups is 3. The summed E-state index contributed by atoms with van der Waals surface area (Å²) in [5, 5.41) is 3.17. The molecule has 0 aromatic heterocycles. The van der Waals surface area contributed by atoms with E-state index in [1.165, 1.54) is 19.1 Å². The molecule has 31 heavy (non-hydrogen) atoms. The third kappa shape index (κ3) is 5.08. The van der Waals surface area contributed by atoms with Crippen LogP contribution in [0.1, 0.15) is 12.0 Å². The maximum Gasteiger partial charge on any atom is 0.311 e. The highest BCUT2D eigenvalue weighted by molar-refractivity contribution is 6.31. The number of hydrogen-bond donors (Lipinski definition) is 1. The third-order valence-electron chi connectivity index (χ3n) is 5.02. The monoisotopic (exact) mass is 446 g/mol. The first-order valence-corrected chi connectivity index (χ1v) is 9.95. The van der Waals surface area contributed by atoms with E-state index in [1.807, 2.05) is 6.92 Å². The van der Waals surface area contributed by atoms with Gasteiger partial charge in [0.25, 0.3) is 5.91 Å². The molecule has 0 spiro atoms. The van der Waals surface area contributed by atoms with Crippen molar-refractivity contribution in [3.63, 3.8) is 0 Å². The lowest BCUT2D eigenvalue weighted by Crippen LogP contribution is -2.28. The van der Waals surface area contributed by atoms with Gasteiger partial charge in [-0.25, -0.2) is 0 Å². The van der Waals surface area contributed by atoms with Gasteiger partial charge in [-0.05, 0) is 36.8 Å². The van der Waals surface area contributed by atoms with E-state index in [9.17, 15) is 14.4 Å². The van der Waals surface area contributed by atoms with Crippen molar-refractivity contribution in [1.29, 1.82) is 0 Å². The van der Waals surface area contributed by atoms with Crippen molar-refractivity contribution in [1.82, 2.24) is 0 Å². The number of methoxy groups -OCH3 is 2. The molecule has 0 saturated carbocycles. The van der Waals surface area contributed by atoms with Crippen molar-refractivity contribution in [2.24, 2.45) is 5.92 Å². The second-order valence-electron chi connectivity index (χ2n) is 7.01. The molecule has 1 heterocycles. The molecular formula is C22H23ClN2O6. The van der Waals surface area contributed by atoms with Gasteiger partial charge < -0.3 is 24.4 Å². The van der Waals surface area contributed by atoms with Gasteiger partial charge in [0, 0.05) is 29.7 Å². The molecule has 3 rings (SSSR count). The summed E-state index contributed by atoms with van der Waals surface area (Å²) in [6.45, 7) is 1.51. The Balaban J connectivity index is 1.57. The molecule has 0 radical (unpaired) electrons. The Morgan fingerprint density at radius 3 is 2.68 bits per heavy atom. The van der Waals surface area contributed by atoms with Gasteiger partial charge in [-0.3, -0.25) is 14.4 Å². The average molecular weight is 447 g/mol. The van der Waals surface area contributed by atoms with Crippen molar-refractivity contribution in [2.45, 2.75) is 13.3 Å². The molecule has 0 unspecified atom stereocenters. The maximum absolute atomic E-state index is 12.4. The number of esters is 1. The lowest BCUT2D eigenvalue weighted by atomic mass is 10.1. The number of hydrogen-bond acceptors (Lipinski definition) is 6. The van der Waals surface area contributed by atoms with E-state index in [2.05, 4.69) is 5.32 Å². The highest BCUT2D eigenvalue weighted by atomic mass is 35.5. The van der Waals surface area contributed by atoms with Crippen molar-refractivity contribution < 1.29 is 28.6 Å². The van der Waals surface area contributed by atoms with Crippen LogP contribution in [0.3, 0.4) is 0 Å². The van der Waals surface area contributed by atoms with Gasteiger partial charge in [0.05, 0.1) is 25.8 Å². The van der Waals surface area contributed by atoms with Crippen LogP contribution < -0.4 is 19.7 Å². The van der Waals surface area contributed by atoms with E-state index in [0.29, 0.717) is 27.9 Å². The molecule has 1 aliphatic heterocycles. The van der Waals surface area contributed by atoms with Crippen LogP contribution in [0.25, 0.3) is 0 Å². The molecule has 1 N–H and O–H groups in total. The largest absolute Gasteiger partial charge is 0.497 e. The number of amides is 2. The zero-order valence-electron chi connectivity index (χ0n) is 17.4. The Kier molecular flexibility index (Phi) is 7.02. The number of anilines is 2. The third-order valence-corrected chi connectivity index (χ3v) is 5.43. The van der Waals surface area contributed by atoms with Gasteiger partial charge in [-0.1, -0.05) is 17.7 Å². The van der Waals surface area contributed by atoms with Crippen molar-refractivity contribution in [2.75, 3.05) is 37.6 Å². The van der Waals surface area contributed by atoms with Crippen LogP contribution in [0.15, 0.2) is 36.4 Å². The van der Waals surface area contributed by atoms with E-state index in [0.717, 1.165) is 5.56 Å². The zero-order valence-corrected chi connectivity index (χ0v) is 18.2. The van der Waals surface area contributed by atoms with Crippen LogP contribution in [0, 0.1) is 12.8 Å². The van der Waals surface area contributed by atoms with E-state index in [1.54, 1.807) is 36.4 Å². The number of carbonyl (C=O) groups excluding carboxylic acids is 3. The Labute approximate surface area is 185 Å². The van der Waals surface area contributed by atoms with Gasteiger partial charge >= 0.3 is 5.97 Å². The molecule has 164 valence electrons. The molecule has 2 aromatic carbocycles. The van der Waals surface area contributed by atoms with Gasteiger partial charge in [0.1, 0.15) is 11.5 Å². The minimum Gasteiger partial charge on any atom is -0.497 e. The highest BCUT2D eigenvalue weighted by Gasteiger charge is 2.37. The number of nitrogens with zero attached hydrogens (tertiary/aromatic N) is 1. The smallest absolute Gasteiger partial charge is 0.311 e. The Morgan fingerprint density at radius 2 is 1.97 bits per heavy atom. The molecular weight excluding hydrogens is 424 g/mol. The van der Waals surface area contributed by atoms with E-state index in [-0.39, 0.29) is 18.9 Å². The molecule has 1 atom stereocenters. The van der Waals surface area contributed by atoms with Crippen LogP contribution in [0.4, 0.5) is 11.4 Å². The lowest BCUT2D eigenvalue weighted by Gasteiger charge is -2.19. The average Bonchev–Trinajstić information content (AvgIpc) is 3.15. The molecule has 0 aliphatic carbocycles. The maximum atomic E-state index is 12.4. The predicted molar refractivity (Wildman–Crippen MR) is 116 cm³/mol. The fraction of sp³-hybridized carbons (Fsp3) is 0.318. The topological polar surface area (TPSA) is 94.2 Å². The van der Waals surface area contributed by atoms with Gasteiger partial charge in [0.15, 0.2) is 6.61 Å². The summed E-state index contributed by atoms with van der Waals surface area (Å²) in [5.74, 6) is -0.996. The second-order valence-corrected chi connectivity index (χ2v) is 7.42. The zero-order chi connectivity index (χ0) is 22.5. The Bertz CT molecular complexity index is 1010. The van der Waals surface area contributed by atoms with Gasteiger partial charge in [0.2, 0.25) is 5.91 Å². The minimum absolute atomic E-state index is 0.0126. The standard InChI is InChI=1S/C22H23ClN2O6/c1-13-16(23)5-4-6-18(13)25-11-14(9-21(25)27)22(28)31-12-20(26)24-17-8-7-15(29-2)10-19(17)30-3/h4-8,10,14H,9,11-12H2,1-3H3,(H,24,26)/t14-/m0/s1. The highest BCUT2D eigenvalue weighted by Crippen LogP contribution is 2.32. The number of halogens is 1. The number of benzene rings is 2. The van der Waals surface area contributed by atoms with E-state index in [4.69, 9.17) is 25.8 Å². The van der Waals surface area contributed by atoms with Crippen LogP contribution in [0.2, 0.25) is 5.02 Å². The van der Waals surface area contributed by atoms with E-state index >= 15 is 0 Å². The molecule has 0 bridgehead atoms. The summed E-state index contributed by atoms with van der Waals surface area (Å²) in [6, 6.07) is 10.2. The van der Waals surface area contributed by atoms with Gasteiger partial charge in [-0.15, -0.1) is 0 Å². The molecule has 2 amide bonds. The molecule has 1 fully saturated rings. The van der Waals surface area contributed by atoms with Crippen LogP contribution in [-0.2, 0) is 19.1 Å². The molecule has 9 heteroatoms. The number of rotatable bonds is 7. The Morgan fingerprint density at radius 1 is 1.19 bits per heavy atom. The Hall–Kier alpha value is -3.26. The summed E-state index contributed by atoms with van der Waals surface area (Å²) in [7, 11) is 2.99. The molecule has 1 saturated heterocycles. The van der Waals surface area contributed by atoms with Crippen LogP contribution in [-0.4, -0.2) is 45.2 Å². The summed E-state index contributed by atoms with van der Waals surface area (Å²) >= 11 is 6.14. The summed E-state index contributed by atoms with van der Waals surface area (Å²) in [5.41, 5.74) is 1.85. The van der Waals surface area contributed by atoms with Crippen molar-refractivity contribution in [3.05, 3.63) is 47.0 Å². The van der Waals surface area contributed by atoms with E-state index < -0.39 is 24.4 Å². The number of nitrogens with one attached hydrogen (secondary N) is 1. The van der Waals surface area contributed by atoms with Crippen molar-refractivity contribution >= 4 is 40.8 Å². The van der Waals surface area contributed by atoms with Crippen LogP contribution >= 0.6 is 11.6 Å². The first-order chi connectivity index (χ1) is 14.8. The fourth-order valence-electron chi connectivity index (χ4n) is 3.33. The normalized spacial score (nSPS) is 15.5. The minimum atomic E-state index is -0.658. The summed E-state index contributed by atoms with van der Waals surface area (Å²) < 4.78 is 15.5. The summed E-state index contributed by atoms with van der Waals surface area (Å²) in [4.78, 5) is 38.6. The van der Waals surface area contributed by atoms with Crippen LogP contribution in [0.5, 0.6) is 11.5 Å². The lowest BCUT2D eigenvalue weighted by molar-refractivity contribution is -0.151.